The van der Waals surface area contributed by atoms with Gasteiger partial charge in [-0.1, -0.05) is 47.5 Å². The van der Waals surface area contributed by atoms with Crippen LogP contribution in [0.4, 0.5) is 0 Å². The third-order valence-electron chi connectivity index (χ3n) is 5.77. The number of halogens is 2. The molecular formula is C24H32Cl2N2O2. The van der Waals surface area contributed by atoms with Crippen molar-refractivity contribution in [1.29, 1.82) is 0 Å². The van der Waals surface area contributed by atoms with Gasteiger partial charge in [0.25, 0.3) is 0 Å². The summed E-state index contributed by atoms with van der Waals surface area (Å²) in [5.74, 6) is 1.46. The number of likely N-dealkylation sites (tertiary alicyclic amines) is 1. The quantitative estimate of drug-likeness (QED) is 0.517. The van der Waals surface area contributed by atoms with Gasteiger partial charge >= 0.3 is 0 Å². The van der Waals surface area contributed by atoms with E-state index in [9.17, 15) is 0 Å². The minimum Gasteiger partial charge on any atom is -0.490 e. The predicted molar refractivity (Wildman–Crippen MR) is 125 cm³/mol. The number of rotatable bonds is 10. The second-order valence-electron chi connectivity index (χ2n) is 8.11. The molecule has 1 N–H and O–H groups in total. The van der Waals surface area contributed by atoms with Gasteiger partial charge in [0, 0.05) is 6.04 Å². The minimum absolute atomic E-state index is 0.0167. The smallest absolute Gasteiger partial charge is 0.140 e. The molecule has 30 heavy (non-hydrogen) atoms. The van der Waals surface area contributed by atoms with Gasteiger partial charge in [0.15, 0.2) is 0 Å². The van der Waals surface area contributed by atoms with Gasteiger partial charge in [-0.15, -0.1) is 0 Å². The fourth-order valence-corrected chi connectivity index (χ4v) is 4.48. The molecule has 4 nitrogen and oxygen atoms in total. The van der Waals surface area contributed by atoms with Crippen LogP contribution in [-0.2, 0) is 0 Å². The molecule has 6 heteroatoms. The summed E-state index contributed by atoms with van der Waals surface area (Å²) in [7, 11) is 2.21. The van der Waals surface area contributed by atoms with Gasteiger partial charge in [-0.2, -0.15) is 0 Å². The van der Waals surface area contributed by atoms with Crippen LogP contribution < -0.4 is 14.8 Å². The molecule has 0 saturated carbocycles. The van der Waals surface area contributed by atoms with Crippen LogP contribution in [0.5, 0.6) is 11.5 Å². The molecule has 1 atom stereocenters. The number of nitrogens with zero attached hydrogens (tertiary/aromatic N) is 1. The highest BCUT2D eigenvalue weighted by Crippen LogP contribution is 2.29. The molecule has 1 fully saturated rings. The zero-order chi connectivity index (χ0) is 21.5. The Balaban J connectivity index is 1.61. The van der Waals surface area contributed by atoms with E-state index < -0.39 is 0 Å². The van der Waals surface area contributed by atoms with Crippen molar-refractivity contribution in [3.8, 4) is 11.5 Å². The maximum atomic E-state index is 6.33. The number of hydrogen-bond donors (Lipinski definition) is 1. The van der Waals surface area contributed by atoms with Gasteiger partial charge < -0.3 is 19.7 Å². The maximum absolute atomic E-state index is 6.33. The molecule has 0 amide bonds. The first kappa shape index (κ1) is 23.2. The van der Waals surface area contributed by atoms with Crippen molar-refractivity contribution in [2.45, 2.75) is 45.2 Å². The van der Waals surface area contributed by atoms with Crippen LogP contribution in [0.3, 0.4) is 0 Å². The average Bonchev–Trinajstić information content (AvgIpc) is 3.11. The van der Waals surface area contributed by atoms with E-state index in [-0.39, 0.29) is 6.04 Å². The summed E-state index contributed by atoms with van der Waals surface area (Å²) < 4.78 is 12.2. The molecule has 1 aliphatic heterocycles. The third-order valence-corrected chi connectivity index (χ3v) is 6.36. The lowest BCUT2D eigenvalue weighted by Gasteiger charge is -2.24. The van der Waals surface area contributed by atoms with E-state index in [0.717, 1.165) is 35.6 Å². The van der Waals surface area contributed by atoms with Crippen molar-refractivity contribution in [2.75, 3.05) is 33.4 Å². The number of ether oxygens (including phenoxy) is 2. The van der Waals surface area contributed by atoms with Gasteiger partial charge in [0.05, 0.1) is 16.1 Å². The minimum atomic E-state index is 0.0167. The Labute approximate surface area is 190 Å². The summed E-state index contributed by atoms with van der Waals surface area (Å²) in [5, 5.41) is 4.88. The summed E-state index contributed by atoms with van der Waals surface area (Å²) in [6.07, 6.45) is 3.67. The van der Waals surface area contributed by atoms with E-state index in [4.69, 9.17) is 32.7 Å². The first-order chi connectivity index (χ1) is 14.5. The van der Waals surface area contributed by atoms with Gasteiger partial charge in [-0.25, -0.2) is 0 Å². The van der Waals surface area contributed by atoms with E-state index in [0.29, 0.717) is 29.3 Å². The molecule has 1 saturated heterocycles. The Morgan fingerprint density at radius 1 is 1.00 bits per heavy atom. The van der Waals surface area contributed by atoms with E-state index >= 15 is 0 Å². The largest absolute Gasteiger partial charge is 0.490 e. The monoisotopic (exact) mass is 450 g/mol. The van der Waals surface area contributed by atoms with Crippen molar-refractivity contribution in [2.24, 2.45) is 0 Å². The van der Waals surface area contributed by atoms with Crippen LogP contribution in [0.2, 0.25) is 10.0 Å². The van der Waals surface area contributed by atoms with Crippen LogP contribution in [0.1, 0.15) is 30.4 Å². The molecule has 0 aliphatic carbocycles. The highest BCUT2D eigenvalue weighted by molar-refractivity contribution is 6.32. The van der Waals surface area contributed by atoms with Crippen LogP contribution in [0, 0.1) is 13.8 Å². The summed E-state index contributed by atoms with van der Waals surface area (Å²) in [4.78, 5) is 2.45. The predicted octanol–water partition coefficient (Wildman–Crippen LogP) is 5.51. The fraction of sp³-hybridized carbons (Fsp3) is 0.500. The third kappa shape index (κ3) is 6.27. The van der Waals surface area contributed by atoms with Gasteiger partial charge in [-0.05, 0) is 76.5 Å². The van der Waals surface area contributed by atoms with E-state index in [1.54, 1.807) is 0 Å². The normalized spacial score (nSPS) is 16.9. The number of hydrogen-bond acceptors (Lipinski definition) is 4. The lowest BCUT2D eigenvalue weighted by molar-refractivity contribution is 0.191. The highest BCUT2D eigenvalue weighted by Gasteiger charge is 2.21. The molecule has 0 bridgehead atoms. The van der Waals surface area contributed by atoms with Crippen molar-refractivity contribution < 1.29 is 9.47 Å². The van der Waals surface area contributed by atoms with Crippen molar-refractivity contribution in [3.05, 3.63) is 57.6 Å². The van der Waals surface area contributed by atoms with Crippen LogP contribution >= 0.6 is 23.2 Å². The molecule has 1 unspecified atom stereocenters. The molecular weight excluding hydrogens is 419 g/mol. The zero-order valence-electron chi connectivity index (χ0n) is 18.1. The molecule has 0 spiro atoms. The number of para-hydroxylation sites is 2. The summed E-state index contributed by atoms with van der Waals surface area (Å²) in [6, 6.07) is 12.2. The molecule has 1 aliphatic rings. The summed E-state index contributed by atoms with van der Waals surface area (Å²) in [6.45, 7) is 7.04. The van der Waals surface area contributed by atoms with E-state index in [2.05, 4.69) is 17.3 Å². The second-order valence-corrected chi connectivity index (χ2v) is 8.92. The molecule has 1 heterocycles. The van der Waals surface area contributed by atoms with Gasteiger partial charge in [0.1, 0.15) is 24.7 Å². The lowest BCUT2D eigenvalue weighted by Crippen LogP contribution is -2.42. The van der Waals surface area contributed by atoms with E-state index in [1.165, 1.54) is 19.4 Å². The van der Waals surface area contributed by atoms with Crippen molar-refractivity contribution >= 4 is 23.2 Å². The Bertz CT molecular complexity index is 735. The summed E-state index contributed by atoms with van der Waals surface area (Å²) in [5.41, 5.74) is 2.05. The zero-order valence-corrected chi connectivity index (χ0v) is 19.6. The highest BCUT2D eigenvalue weighted by atomic mass is 35.5. The van der Waals surface area contributed by atoms with Crippen LogP contribution in [-0.4, -0.2) is 50.3 Å². The van der Waals surface area contributed by atoms with Gasteiger partial charge in [0.2, 0.25) is 0 Å². The lowest BCUT2D eigenvalue weighted by atomic mass is 10.1. The van der Waals surface area contributed by atoms with Crippen LogP contribution in [0.15, 0.2) is 36.4 Å². The average molecular weight is 451 g/mol. The standard InChI is InChI=1S/C24H32Cl2N2O2/c1-17-7-4-10-21(25)23(17)29-15-19(27-13-12-20-9-6-14-28(20)3)16-30-24-18(2)8-5-11-22(24)26/h4-5,7-8,10-11,19-20,27H,6,9,12-16H2,1-3H3. The number of benzene rings is 2. The molecule has 0 radical (unpaired) electrons. The Kier molecular flexibility index (Phi) is 8.70. The topological polar surface area (TPSA) is 33.7 Å². The Morgan fingerprint density at radius 3 is 2.03 bits per heavy atom. The van der Waals surface area contributed by atoms with Gasteiger partial charge in [-0.3, -0.25) is 0 Å². The SMILES string of the molecule is Cc1cccc(Cl)c1OCC(COc1c(C)cccc1Cl)NCCC1CCCN1C. The second kappa shape index (κ2) is 11.2. The van der Waals surface area contributed by atoms with E-state index in [1.807, 2.05) is 50.2 Å². The van der Waals surface area contributed by atoms with Crippen LogP contribution in [0.25, 0.3) is 0 Å². The first-order valence-corrected chi connectivity index (χ1v) is 11.4. The Hall–Kier alpha value is -1.46. The molecule has 3 rings (SSSR count). The molecule has 2 aromatic rings. The fourth-order valence-electron chi connectivity index (χ4n) is 3.93. The summed E-state index contributed by atoms with van der Waals surface area (Å²) >= 11 is 12.7. The maximum Gasteiger partial charge on any atom is 0.140 e. The van der Waals surface area contributed by atoms with Crippen molar-refractivity contribution in [1.82, 2.24) is 10.2 Å². The first-order valence-electron chi connectivity index (χ1n) is 10.6. The number of nitrogens with one attached hydrogen (secondary N) is 1. The molecule has 0 aromatic heterocycles. The molecule has 2 aromatic carbocycles. The Morgan fingerprint density at radius 2 is 1.57 bits per heavy atom. The number of aryl methyl sites for hydroxylation is 2. The van der Waals surface area contributed by atoms with Crippen molar-refractivity contribution in [3.63, 3.8) is 0 Å². The molecule has 164 valence electrons.